The molecule has 3 heterocycles. The average Bonchev–Trinajstić information content (AvgIpc) is 3.71. The minimum atomic E-state index is -6.00. The second kappa shape index (κ2) is 18.0. The van der Waals surface area contributed by atoms with Gasteiger partial charge in [-0.2, -0.15) is 25.3 Å². The number of alkyl halides is 3. The molecular weight excluding hydrogens is 695 g/mol. The molecule has 0 bridgehead atoms. The highest BCUT2D eigenvalue weighted by Gasteiger charge is 2.53. The largest absolute Gasteiger partial charge is 0.517 e. The lowest BCUT2D eigenvalue weighted by Gasteiger charge is -2.23. The third-order valence-electron chi connectivity index (χ3n) is 6.04. The van der Waals surface area contributed by atoms with Gasteiger partial charge in [-0.3, -0.25) is 9.69 Å². The quantitative estimate of drug-likeness (QED) is 0.369. The Kier molecular flexibility index (Phi) is 16.1. The third kappa shape index (κ3) is 16.3. The number of rotatable bonds is 3. The SMILES string of the molecule is C1CCOC1.CC(C)(C)OC(=O)N1CCC(=O)C1.CC1=CN(C(=O)OC(C)(C)C)CC1.CS(=O)(=O)N(c1ccccc1)S(=O)(=O)C(F)(F)F. The van der Waals surface area contributed by atoms with Gasteiger partial charge in [0, 0.05) is 38.9 Å². The van der Waals surface area contributed by atoms with Crippen LogP contribution in [0.4, 0.5) is 28.4 Å². The van der Waals surface area contributed by atoms with E-state index >= 15 is 0 Å². The van der Waals surface area contributed by atoms with E-state index in [1.54, 1.807) is 4.90 Å². The molecule has 18 heteroatoms. The Morgan fingerprint density at radius 1 is 0.837 bits per heavy atom. The van der Waals surface area contributed by atoms with Crippen LogP contribution in [0.5, 0.6) is 0 Å². The van der Waals surface area contributed by atoms with Gasteiger partial charge in [0.2, 0.25) is 10.0 Å². The number of sulfonamides is 2. The van der Waals surface area contributed by atoms with Crippen molar-refractivity contribution in [1.82, 2.24) is 9.80 Å². The summed E-state index contributed by atoms with van der Waals surface area (Å²) < 4.78 is 96.8. The number of Topliss-reactive ketones (excluding diaryl/α,β-unsaturated/α-hetero) is 1. The Morgan fingerprint density at radius 2 is 1.35 bits per heavy atom. The number of carbonyl (C=O) groups is 3. The molecule has 0 spiro atoms. The summed E-state index contributed by atoms with van der Waals surface area (Å²) in [6.07, 6.45) is 5.57. The highest BCUT2D eigenvalue weighted by atomic mass is 32.3. The van der Waals surface area contributed by atoms with Gasteiger partial charge < -0.3 is 19.1 Å². The maximum atomic E-state index is 12.4. The van der Waals surface area contributed by atoms with Crippen molar-refractivity contribution in [2.24, 2.45) is 0 Å². The summed E-state index contributed by atoms with van der Waals surface area (Å²) >= 11 is 0. The summed E-state index contributed by atoms with van der Waals surface area (Å²) in [5, 5.41) is 0. The zero-order chi connectivity index (χ0) is 37.8. The number of anilines is 1. The zero-order valence-electron chi connectivity index (χ0n) is 29.2. The van der Waals surface area contributed by atoms with Crippen molar-refractivity contribution in [2.75, 3.05) is 42.8 Å². The Bertz CT molecular complexity index is 1490. The second-order valence-electron chi connectivity index (χ2n) is 13.2. The van der Waals surface area contributed by atoms with Gasteiger partial charge >= 0.3 is 27.7 Å². The monoisotopic (exact) mass is 743 g/mol. The number of benzene rings is 1. The first-order chi connectivity index (χ1) is 22.2. The number of halogens is 3. The summed E-state index contributed by atoms with van der Waals surface area (Å²) in [6, 6.07) is 5.75. The molecule has 1 aromatic rings. The number of likely N-dealkylation sites (tertiary alicyclic amines) is 1. The van der Waals surface area contributed by atoms with Crippen LogP contribution in [-0.2, 0) is 39.1 Å². The van der Waals surface area contributed by atoms with E-state index in [1.165, 1.54) is 41.5 Å². The maximum absolute atomic E-state index is 12.4. The maximum Gasteiger partial charge on any atom is 0.517 e. The predicted molar refractivity (Wildman–Crippen MR) is 178 cm³/mol. The first kappa shape index (κ1) is 43.6. The van der Waals surface area contributed by atoms with Crippen molar-refractivity contribution in [3.63, 3.8) is 0 Å². The number of ketones is 1. The Morgan fingerprint density at radius 3 is 1.69 bits per heavy atom. The van der Waals surface area contributed by atoms with Crippen LogP contribution in [0.2, 0.25) is 0 Å². The highest BCUT2D eigenvalue weighted by Crippen LogP contribution is 2.32. The Hall–Kier alpha value is -3.38. The van der Waals surface area contributed by atoms with Crippen LogP contribution in [0.1, 0.15) is 74.1 Å². The van der Waals surface area contributed by atoms with Gasteiger partial charge in [-0.25, -0.2) is 18.0 Å². The summed E-state index contributed by atoms with van der Waals surface area (Å²) in [7, 11) is -10.6. The molecular formula is C31H48F3N3O10S2. The van der Waals surface area contributed by atoms with Crippen molar-refractivity contribution in [2.45, 2.75) is 90.9 Å². The normalized spacial score (nSPS) is 16.6. The Labute approximate surface area is 287 Å². The van der Waals surface area contributed by atoms with Crippen LogP contribution in [0.3, 0.4) is 0 Å². The number of para-hydroxylation sites is 1. The van der Waals surface area contributed by atoms with E-state index in [0.717, 1.165) is 38.3 Å². The van der Waals surface area contributed by atoms with Crippen LogP contribution in [0, 0.1) is 0 Å². The molecule has 3 aliphatic rings. The molecule has 2 fully saturated rings. The smallest absolute Gasteiger partial charge is 0.444 e. The van der Waals surface area contributed by atoms with Gasteiger partial charge in [0.25, 0.3) is 0 Å². The van der Waals surface area contributed by atoms with Gasteiger partial charge in [-0.1, -0.05) is 23.8 Å². The van der Waals surface area contributed by atoms with Crippen molar-refractivity contribution in [3.8, 4) is 0 Å². The third-order valence-corrected chi connectivity index (χ3v) is 9.48. The summed E-state index contributed by atoms with van der Waals surface area (Å²) in [5.41, 5.74) is -5.96. The van der Waals surface area contributed by atoms with E-state index in [4.69, 9.17) is 14.2 Å². The van der Waals surface area contributed by atoms with Crippen LogP contribution >= 0.6 is 0 Å². The molecule has 2 saturated heterocycles. The number of nitrogens with zero attached hydrogens (tertiary/aromatic N) is 3. The zero-order valence-corrected chi connectivity index (χ0v) is 30.8. The lowest BCUT2D eigenvalue weighted by molar-refractivity contribution is -0.117. The molecule has 1 aromatic carbocycles. The van der Waals surface area contributed by atoms with Crippen LogP contribution in [0.15, 0.2) is 42.1 Å². The van der Waals surface area contributed by atoms with E-state index in [9.17, 15) is 44.4 Å². The molecule has 0 radical (unpaired) electrons. The highest BCUT2D eigenvalue weighted by molar-refractivity contribution is 8.10. The molecule has 49 heavy (non-hydrogen) atoms. The van der Waals surface area contributed by atoms with Crippen LogP contribution in [-0.4, -0.2) is 100 Å². The lowest BCUT2D eigenvalue weighted by Crippen LogP contribution is -2.44. The minimum Gasteiger partial charge on any atom is -0.444 e. The molecule has 0 saturated carbocycles. The molecule has 3 aliphatic heterocycles. The lowest BCUT2D eigenvalue weighted by atomic mass is 10.2. The van der Waals surface area contributed by atoms with E-state index in [1.807, 2.05) is 54.7 Å². The molecule has 0 N–H and O–H groups in total. The average molecular weight is 744 g/mol. The number of carbonyl (C=O) groups excluding carboxylic acids is 3. The van der Waals surface area contributed by atoms with Crippen LogP contribution in [0.25, 0.3) is 0 Å². The van der Waals surface area contributed by atoms with Crippen molar-refractivity contribution in [1.29, 1.82) is 0 Å². The first-order valence-electron chi connectivity index (χ1n) is 15.4. The number of hydrogen-bond donors (Lipinski definition) is 0. The van der Waals surface area contributed by atoms with Gasteiger partial charge in [-0.05, 0) is 79.9 Å². The van der Waals surface area contributed by atoms with E-state index in [2.05, 4.69) is 0 Å². The topological polar surface area (TPSA) is 157 Å². The van der Waals surface area contributed by atoms with Gasteiger partial charge in [0.15, 0.2) is 5.78 Å². The standard InChI is InChI=1S/C10H17NO2.C9H15NO3.C8H8F3NO4S2.C4H8O/c1-8-5-6-11(7-8)9(12)13-10(2,3)4;1-9(2,3)13-8(12)10-5-4-7(11)6-10;1-17(13,14)12(7-5-3-2-4-6-7)18(15,16)8(9,10)11;1-2-4-5-3-1/h7H,5-6H2,1-4H3;4-6H2,1-3H3;2-6H,1H3;1-4H2. The summed E-state index contributed by atoms with van der Waals surface area (Å²) in [6.45, 7) is 16.5. The van der Waals surface area contributed by atoms with E-state index < -0.39 is 52.2 Å². The predicted octanol–water partition coefficient (Wildman–Crippen LogP) is 5.83. The van der Waals surface area contributed by atoms with E-state index in [0.29, 0.717) is 19.2 Å². The fraction of sp³-hybridized carbons (Fsp3) is 0.645. The molecule has 0 aliphatic carbocycles. The van der Waals surface area contributed by atoms with Crippen molar-refractivity contribution >= 4 is 43.7 Å². The van der Waals surface area contributed by atoms with Crippen molar-refractivity contribution in [3.05, 3.63) is 42.1 Å². The molecule has 0 atom stereocenters. The first-order valence-corrected chi connectivity index (χ1v) is 18.6. The van der Waals surface area contributed by atoms with Crippen LogP contribution < -0.4 is 3.71 Å². The summed E-state index contributed by atoms with van der Waals surface area (Å²) in [5.74, 6) is 0.103. The molecule has 280 valence electrons. The molecule has 4 rings (SSSR count). The number of ether oxygens (including phenoxy) is 3. The minimum absolute atomic E-state index is 0.103. The fourth-order valence-corrected chi connectivity index (χ4v) is 6.70. The molecule has 13 nitrogen and oxygen atoms in total. The second-order valence-corrected chi connectivity index (χ2v) is 17.0. The molecule has 0 aromatic heterocycles. The summed E-state index contributed by atoms with van der Waals surface area (Å²) in [4.78, 5) is 36.8. The number of hydrogen-bond acceptors (Lipinski definition) is 10. The Balaban J connectivity index is 0.000000347. The van der Waals surface area contributed by atoms with Crippen molar-refractivity contribution < 1.29 is 58.6 Å². The van der Waals surface area contributed by atoms with Gasteiger partial charge in [0.1, 0.15) is 11.2 Å². The number of amides is 2. The van der Waals surface area contributed by atoms with Gasteiger partial charge in [-0.15, -0.1) is 0 Å². The molecule has 2 amide bonds. The van der Waals surface area contributed by atoms with Gasteiger partial charge in [0.05, 0.1) is 18.5 Å². The van der Waals surface area contributed by atoms with E-state index in [-0.39, 0.29) is 18.4 Å². The molecule has 0 unspecified atom stereocenters. The fourth-order valence-electron chi connectivity index (χ4n) is 3.93.